The van der Waals surface area contributed by atoms with Crippen molar-refractivity contribution in [2.45, 2.75) is 6.42 Å². The smallest absolute Gasteiger partial charge is 0.271 e. The normalized spacial score (nSPS) is 10.9. The molecular formula is C21H16BrClN2O2. The van der Waals surface area contributed by atoms with Crippen LogP contribution in [0.2, 0.25) is 5.02 Å². The highest BCUT2D eigenvalue weighted by Gasteiger charge is 2.06. The zero-order chi connectivity index (χ0) is 19.2. The van der Waals surface area contributed by atoms with Crippen molar-refractivity contribution in [3.8, 4) is 5.75 Å². The van der Waals surface area contributed by atoms with E-state index in [9.17, 15) is 9.90 Å². The highest BCUT2D eigenvalue weighted by molar-refractivity contribution is 9.10. The second-order valence-electron chi connectivity index (χ2n) is 5.87. The maximum atomic E-state index is 12.1. The van der Waals surface area contributed by atoms with Gasteiger partial charge in [-0.05, 0) is 53.9 Å². The Morgan fingerprint density at radius 2 is 1.93 bits per heavy atom. The van der Waals surface area contributed by atoms with Crippen LogP contribution in [0.15, 0.2) is 76.3 Å². The van der Waals surface area contributed by atoms with Gasteiger partial charge in [0.2, 0.25) is 0 Å². The Morgan fingerprint density at radius 1 is 1.11 bits per heavy atom. The lowest BCUT2D eigenvalue weighted by molar-refractivity contribution is 0.0955. The van der Waals surface area contributed by atoms with E-state index >= 15 is 0 Å². The standard InChI is InChI=1S/C21H16BrClN2O2/c22-18-6-3-5-16(12-18)21(27)25-24-13-17-11-14(8-9-20(17)26)10-15-4-1-2-7-19(15)23/h1-9,11-13,26H,10H2,(H,25,27)/b24-13+. The minimum absolute atomic E-state index is 0.0818. The van der Waals surface area contributed by atoms with Gasteiger partial charge in [0.15, 0.2) is 0 Å². The van der Waals surface area contributed by atoms with E-state index in [-0.39, 0.29) is 11.7 Å². The summed E-state index contributed by atoms with van der Waals surface area (Å²) in [6.07, 6.45) is 2.05. The molecule has 27 heavy (non-hydrogen) atoms. The number of phenols is 1. The molecule has 0 aliphatic carbocycles. The summed E-state index contributed by atoms with van der Waals surface area (Å²) in [4.78, 5) is 12.1. The number of nitrogens with zero attached hydrogens (tertiary/aromatic N) is 1. The van der Waals surface area contributed by atoms with Crippen molar-refractivity contribution in [3.05, 3.63) is 98.5 Å². The molecule has 136 valence electrons. The van der Waals surface area contributed by atoms with Crippen LogP contribution in [0.25, 0.3) is 0 Å². The molecule has 0 saturated heterocycles. The van der Waals surface area contributed by atoms with Crippen molar-refractivity contribution in [2.24, 2.45) is 5.10 Å². The van der Waals surface area contributed by atoms with Crippen molar-refractivity contribution in [1.82, 2.24) is 5.43 Å². The van der Waals surface area contributed by atoms with Crippen LogP contribution in [0.1, 0.15) is 27.0 Å². The van der Waals surface area contributed by atoms with E-state index in [1.165, 1.54) is 6.21 Å². The number of carbonyl (C=O) groups is 1. The molecule has 0 bridgehead atoms. The van der Waals surface area contributed by atoms with Crippen molar-refractivity contribution in [3.63, 3.8) is 0 Å². The molecule has 3 rings (SSSR count). The fourth-order valence-electron chi connectivity index (χ4n) is 2.53. The molecule has 6 heteroatoms. The lowest BCUT2D eigenvalue weighted by Gasteiger charge is -2.07. The number of aromatic hydroxyl groups is 1. The van der Waals surface area contributed by atoms with E-state index in [1.54, 1.807) is 24.3 Å². The predicted octanol–water partition coefficient (Wildman–Crippen LogP) is 5.16. The number of halogens is 2. The maximum Gasteiger partial charge on any atom is 0.271 e. The van der Waals surface area contributed by atoms with Crippen LogP contribution in [0, 0.1) is 0 Å². The molecule has 3 aromatic rings. The molecule has 0 spiro atoms. The summed E-state index contributed by atoms with van der Waals surface area (Å²) >= 11 is 9.53. The van der Waals surface area contributed by atoms with E-state index < -0.39 is 0 Å². The Hall–Kier alpha value is -2.63. The molecule has 0 fully saturated rings. The number of benzene rings is 3. The predicted molar refractivity (Wildman–Crippen MR) is 112 cm³/mol. The van der Waals surface area contributed by atoms with Crippen molar-refractivity contribution in [2.75, 3.05) is 0 Å². The van der Waals surface area contributed by atoms with Crippen LogP contribution in [-0.2, 0) is 6.42 Å². The van der Waals surface area contributed by atoms with Crippen LogP contribution in [0.5, 0.6) is 5.75 Å². The summed E-state index contributed by atoms with van der Waals surface area (Å²) in [5.41, 5.74) is 5.42. The second-order valence-corrected chi connectivity index (χ2v) is 7.19. The summed E-state index contributed by atoms with van der Waals surface area (Å²) in [5.74, 6) is -0.252. The van der Waals surface area contributed by atoms with Gasteiger partial charge in [0.05, 0.1) is 6.21 Å². The first-order valence-electron chi connectivity index (χ1n) is 8.17. The lowest BCUT2D eigenvalue weighted by Crippen LogP contribution is -2.17. The summed E-state index contributed by atoms with van der Waals surface area (Å²) in [5, 5.41) is 14.7. The Balaban J connectivity index is 1.72. The number of nitrogens with one attached hydrogen (secondary N) is 1. The molecule has 4 nitrogen and oxygen atoms in total. The van der Waals surface area contributed by atoms with E-state index in [1.807, 2.05) is 42.5 Å². The summed E-state index contributed by atoms with van der Waals surface area (Å²) < 4.78 is 0.809. The largest absolute Gasteiger partial charge is 0.507 e. The molecule has 0 unspecified atom stereocenters. The van der Waals surface area contributed by atoms with Crippen LogP contribution in [0.4, 0.5) is 0 Å². The molecule has 3 aromatic carbocycles. The number of carbonyl (C=O) groups excluding carboxylic acids is 1. The van der Waals surface area contributed by atoms with E-state index in [4.69, 9.17) is 11.6 Å². The van der Waals surface area contributed by atoms with Gasteiger partial charge in [0.1, 0.15) is 5.75 Å². The fraction of sp³-hybridized carbons (Fsp3) is 0.0476. The molecule has 0 heterocycles. The van der Waals surface area contributed by atoms with Gasteiger partial charge in [-0.1, -0.05) is 57.9 Å². The average molecular weight is 444 g/mol. The quantitative estimate of drug-likeness (QED) is 0.422. The third kappa shape index (κ3) is 5.18. The Morgan fingerprint density at radius 3 is 2.70 bits per heavy atom. The van der Waals surface area contributed by atoms with Crippen molar-refractivity contribution in [1.29, 1.82) is 0 Å². The van der Waals surface area contributed by atoms with Gasteiger partial charge in [-0.15, -0.1) is 0 Å². The summed E-state index contributed by atoms with van der Waals surface area (Å²) in [6, 6.07) is 19.9. The third-order valence-corrected chi connectivity index (χ3v) is 4.76. The maximum absolute atomic E-state index is 12.1. The molecule has 0 atom stereocenters. The molecule has 1 amide bonds. The Labute approximate surface area is 170 Å². The Kier molecular flexibility index (Phi) is 6.27. The first kappa shape index (κ1) is 19.1. The van der Waals surface area contributed by atoms with Gasteiger partial charge in [0, 0.05) is 20.6 Å². The molecule has 0 radical (unpaired) electrons. The minimum Gasteiger partial charge on any atom is -0.507 e. The fourth-order valence-corrected chi connectivity index (χ4v) is 3.14. The Bertz CT molecular complexity index is 1000. The van der Waals surface area contributed by atoms with Crippen LogP contribution < -0.4 is 5.43 Å². The molecule has 0 aromatic heterocycles. The molecule has 2 N–H and O–H groups in total. The monoisotopic (exact) mass is 442 g/mol. The van der Waals surface area contributed by atoms with Crippen LogP contribution in [0.3, 0.4) is 0 Å². The molecule has 0 aliphatic rings. The highest BCUT2D eigenvalue weighted by atomic mass is 79.9. The number of amides is 1. The minimum atomic E-state index is -0.334. The van der Waals surface area contributed by atoms with E-state index in [2.05, 4.69) is 26.5 Å². The number of phenolic OH excluding ortho intramolecular Hbond substituents is 1. The van der Waals surface area contributed by atoms with E-state index in [0.29, 0.717) is 22.6 Å². The zero-order valence-corrected chi connectivity index (χ0v) is 16.5. The molecular weight excluding hydrogens is 428 g/mol. The van der Waals surface area contributed by atoms with Gasteiger partial charge in [-0.3, -0.25) is 4.79 Å². The first-order valence-corrected chi connectivity index (χ1v) is 9.34. The third-order valence-electron chi connectivity index (χ3n) is 3.90. The van der Waals surface area contributed by atoms with E-state index in [0.717, 1.165) is 15.6 Å². The van der Waals surface area contributed by atoms with Crippen molar-refractivity contribution < 1.29 is 9.90 Å². The number of hydrazone groups is 1. The van der Waals surface area contributed by atoms with Gasteiger partial charge >= 0.3 is 0 Å². The van der Waals surface area contributed by atoms with Gasteiger partial charge in [-0.2, -0.15) is 5.10 Å². The van der Waals surface area contributed by atoms with Gasteiger partial charge < -0.3 is 5.11 Å². The second kappa shape index (κ2) is 8.84. The summed E-state index contributed by atoms with van der Waals surface area (Å²) in [6.45, 7) is 0. The summed E-state index contributed by atoms with van der Waals surface area (Å²) in [7, 11) is 0. The number of hydrogen-bond acceptors (Lipinski definition) is 3. The number of hydrogen-bond donors (Lipinski definition) is 2. The van der Waals surface area contributed by atoms with Crippen LogP contribution in [-0.4, -0.2) is 17.2 Å². The van der Waals surface area contributed by atoms with Gasteiger partial charge in [-0.25, -0.2) is 5.43 Å². The zero-order valence-electron chi connectivity index (χ0n) is 14.2. The molecule has 0 saturated carbocycles. The topological polar surface area (TPSA) is 61.7 Å². The highest BCUT2D eigenvalue weighted by Crippen LogP contribution is 2.22. The van der Waals surface area contributed by atoms with Crippen molar-refractivity contribution >= 4 is 39.7 Å². The van der Waals surface area contributed by atoms with Crippen LogP contribution >= 0.6 is 27.5 Å². The average Bonchev–Trinajstić information content (AvgIpc) is 2.66. The molecule has 0 aliphatic heterocycles. The number of rotatable bonds is 5. The lowest BCUT2D eigenvalue weighted by atomic mass is 10.0. The first-order chi connectivity index (χ1) is 13.0. The SMILES string of the molecule is O=C(N/N=C/c1cc(Cc2ccccc2Cl)ccc1O)c1cccc(Br)c1. The van der Waals surface area contributed by atoms with Gasteiger partial charge in [0.25, 0.3) is 5.91 Å².